The average molecular weight is 471 g/mol. The maximum Gasteiger partial charge on any atom is 0.208 e. The van der Waals surface area contributed by atoms with E-state index in [-0.39, 0.29) is 30.0 Å². The third kappa shape index (κ3) is 3.98. The van der Waals surface area contributed by atoms with Crippen molar-refractivity contribution in [3.8, 4) is 0 Å². The molecule has 7 nitrogen and oxygen atoms in total. The van der Waals surface area contributed by atoms with E-state index in [0.29, 0.717) is 29.3 Å². The molecule has 3 aromatic heterocycles. The van der Waals surface area contributed by atoms with Crippen LogP contribution in [0.1, 0.15) is 67.1 Å². The molecule has 0 spiro atoms. The smallest absolute Gasteiger partial charge is 0.208 e. The van der Waals surface area contributed by atoms with Crippen molar-refractivity contribution < 1.29 is 14.6 Å². The summed E-state index contributed by atoms with van der Waals surface area (Å²) >= 11 is 3.19. The van der Waals surface area contributed by atoms with Crippen LogP contribution in [0.5, 0.6) is 0 Å². The van der Waals surface area contributed by atoms with Crippen molar-refractivity contribution >= 4 is 34.3 Å². The number of thiazole rings is 1. The number of hydrogen-bond acceptors (Lipinski definition) is 9. The Kier molecular flexibility index (Phi) is 5.83. The van der Waals surface area contributed by atoms with Gasteiger partial charge < -0.3 is 15.2 Å². The van der Waals surface area contributed by atoms with Gasteiger partial charge in [-0.2, -0.15) is 0 Å². The topological polar surface area (TPSA) is 97.2 Å². The van der Waals surface area contributed by atoms with Gasteiger partial charge in [-0.3, -0.25) is 4.79 Å². The summed E-state index contributed by atoms with van der Waals surface area (Å²) in [4.78, 5) is 29.6. The third-order valence-electron chi connectivity index (χ3n) is 6.30. The van der Waals surface area contributed by atoms with Crippen LogP contribution in [0.25, 0.3) is 0 Å². The molecule has 0 bridgehead atoms. The van der Waals surface area contributed by atoms with Crippen LogP contribution in [0.15, 0.2) is 18.6 Å². The van der Waals surface area contributed by atoms with E-state index < -0.39 is 0 Å². The molecule has 168 valence electrons. The van der Waals surface area contributed by atoms with Crippen molar-refractivity contribution in [2.75, 3.05) is 11.9 Å². The number of carbonyl (C=O) groups excluding carboxylic acids is 1. The number of ether oxygens (including phenoxy) is 1. The number of nitrogens with zero attached hydrogens (tertiary/aromatic N) is 3. The number of aliphatic hydroxyl groups excluding tert-OH is 1. The van der Waals surface area contributed by atoms with Crippen molar-refractivity contribution in [3.05, 3.63) is 55.1 Å². The summed E-state index contributed by atoms with van der Waals surface area (Å²) in [7, 11) is 0. The van der Waals surface area contributed by atoms with E-state index in [9.17, 15) is 9.90 Å². The summed E-state index contributed by atoms with van der Waals surface area (Å²) in [5.74, 6) is 0.644. The molecule has 0 amide bonds. The molecule has 2 N–H and O–H groups in total. The Morgan fingerprint density at radius 1 is 1.28 bits per heavy atom. The van der Waals surface area contributed by atoms with E-state index in [4.69, 9.17) is 9.72 Å². The molecule has 4 heterocycles. The fourth-order valence-electron chi connectivity index (χ4n) is 4.60. The second-order valence-corrected chi connectivity index (χ2v) is 11.2. The van der Waals surface area contributed by atoms with Crippen LogP contribution >= 0.6 is 22.7 Å². The van der Waals surface area contributed by atoms with E-state index in [0.717, 1.165) is 34.0 Å². The minimum absolute atomic E-state index is 0.0871. The van der Waals surface area contributed by atoms with Crippen LogP contribution in [0.3, 0.4) is 0 Å². The van der Waals surface area contributed by atoms with Crippen LogP contribution in [0, 0.1) is 19.8 Å². The molecule has 5 rings (SSSR count). The molecular formula is C23H26N4O3S2. The van der Waals surface area contributed by atoms with Crippen molar-refractivity contribution in [1.29, 1.82) is 0 Å². The van der Waals surface area contributed by atoms with E-state index in [2.05, 4.69) is 15.3 Å². The van der Waals surface area contributed by atoms with Crippen LogP contribution < -0.4 is 5.32 Å². The SMILES string of the molecule is Cc1nc2c(s1)CCO[C@H]2c1cc(C(=O)c2cncnc2N[C@@H]2C[C@@H](C)[C@@H](O)C2)sc1C. The number of aliphatic hydroxyl groups is 1. The zero-order valence-corrected chi connectivity index (χ0v) is 19.9. The highest BCUT2D eigenvalue weighted by Gasteiger charge is 2.32. The molecule has 2 aliphatic rings. The Labute approximate surface area is 194 Å². The first-order valence-electron chi connectivity index (χ1n) is 10.9. The zero-order valence-electron chi connectivity index (χ0n) is 18.3. The molecule has 0 unspecified atom stereocenters. The van der Waals surface area contributed by atoms with Crippen molar-refractivity contribution in [1.82, 2.24) is 15.0 Å². The Hall–Kier alpha value is -2.20. The summed E-state index contributed by atoms with van der Waals surface area (Å²) in [6.07, 6.45) is 4.84. The molecule has 0 saturated heterocycles. The molecule has 3 aromatic rings. The lowest BCUT2D eigenvalue weighted by Gasteiger charge is -2.22. The molecule has 1 fully saturated rings. The number of aryl methyl sites for hydroxylation is 2. The van der Waals surface area contributed by atoms with Gasteiger partial charge in [-0.25, -0.2) is 15.0 Å². The standard InChI is InChI=1S/C23H26N4O3S2/c1-11-6-14(7-17(11)28)27-23-16(9-24-10-25-23)21(29)19-8-15(12(2)31-19)22-20-18(4-5-30-22)32-13(3)26-20/h8-11,14,17,22,28H,4-7H2,1-3H3,(H,24,25,27)/t11-,14-,17+,22+/m1/s1. The number of ketones is 1. The molecule has 1 aliphatic carbocycles. The van der Waals surface area contributed by atoms with Gasteiger partial charge in [-0.15, -0.1) is 22.7 Å². The maximum atomic E-state index is 13.5. The number of hydrogen-bond donors (Lipinski definition) is 2. The highest BCUT2D eigenvalue weighted by atomic mass is 32.1. The Morgan fingerprint density at radius 3 is 2.91 bits per heavy atom. The Balaban J connectivity index is 1.42. The Morgan fingerprint density at radius 2 is 2.12 bits per heavy atom. The molecule has 1 aliphatic heterocycles. The van der Waals surface area contributed by atoms with Gasteiger partial charge in [0.1, 0.15) is 18.2 Å². The predicted octanol–water partition coefficient (Wildman–Crippen LogP) is 4.08. The van der Waals surface area contributed by atoms with Gasteiger partial charge in [-0.1, -0.05) is 6.92 Å². The number of rotatable bonds is 5. The van der Waals surface area contributed by atoms with Crippen molar-refractivity contribution in [2.24, 2.45) is 5.92 Å². The van der Waals surface area contributed by atoms with E-state index >= 15 is 0 Å². The fourth-order valence-corrected chi connectivity index (χ4v) is 6.55. The molecule has 1 saturated carbocycles. The van der Waals surface area contributed by atoms with Gasteiger partial charge in [-0.05, 0) is 38.7 Å². The van der Waals surface area contributed by atoms with E-state index in [1.165, 1.54) is 22.5 Å². The summed E-state index contributed by atoms with van der Waals surface area (Å²) in [6, 6.07) is 2.03. The first-order chi connectivity index (χ1) is 15.4. The monoisotopic (exact) mass is 470 g/mol. The van der Waals surface area contributed by atoms with Gasteiger partial charge in [0.2, 0.25) is 5.78 Å². The largest absolute Gasteiger partial charge is 0.393 e. The lowest BCUT2D eigenvalue weighted by Crippen LogP contribution is -2.20. The number of nitrogens with one attached hydrogen (secondary N) is 1. The average Bonchev–Trinajstić information content (AvgIpc) is 3.43. The van der Waals surface area contributed by atoms with Gasteiger partial charge in [0.25, 0.3) is 0 Å². The molecule has 0 aromatic carbocycles. The van der Waals surface area contributed by atoms with E-state index in [1.54, 1.807) is 17.5 Å². The lowest BCUT2D eigenvalue weighted by atomic mass is 10.0. The third-order valence-corrected chi connectivity index (χ3v) is 8.41. The molecule has 9 heteroatoms. The van der Waals surface area contributed by atoms with Gasteiger partial charge in [0.15, 0.2) is 0 Å². The van der Waals surface area contributed by atoms with Crippen molar-refractivity contribution in [3.63, 3.8) is 0 Å². The van der Waals surface area contributed by atoms with Gasteiger partial charge >= 0.3 is 0 Å². The minimum Gasteiger partial charge on any atom is -0.393 e. The highest BCUT2D eigenvalue weighted by molar-refractivity contribution is 7.14. The summed E-state index contributed by atoms with van der Waals surface area (Å²) in [6.45, 7) is 6.74. The number of fused-ring (bicyclic) bond motifs is 1. The van der Waals surface area contributed by atoms with Crippen LogP contribution in [-0.4, -0.2) is 44.6 Å². The summed E-state index contributed by atoms with van der Waals surface area (Å²) < 4.78 is 6.09. The van der Waals surface area contributed by atoms with Crippen LogP contribution in [0.2, 0.25) is 0 Å². The zero-order chi connectivity index (χ0) is 22.4. The summed E-state index contributed by atoms with van der Waals surface area (Å²) in [5.41, 5.74) is 2.44. The molecule has 0 radical (unpaired) electrons. The quantitative estimate of drug-likeness (QED) is 0.542. The van der Waals surface area contributed by atoms with Crippen LogP contribution in [0.4, 0.5) is 5.82 Å². The second kappa shape index (κ2) is 8.62. The van der Waals surface area contributed by atoms with Crippen molar-refractivity contribution in [2.45, 2.75) is 58.3 Å². The van der Waals surface area contributed by atoms with E-state index in [1.807, 2.05) is 26.8 Å². The highest BCUT2D eigenvalue weighted by Crippen LogP contribution is 2.39. The predicted molar refractivity (Wildman–Crippen MR) is 125 cm³/mol. The minimum atomic E-state index is -0.328. The normalized spacial score (nSPS) is 25.0. The second-order valence-electron chi connectivity index (χ2n) is 8.64. The fraction of sp³-hybridized carbons (Fsp3) is 0.478. The Bertz CT molecular complexity index is 1150. The first kappa shape index (κ1) is 21.6. The van der Waals surface area contributed by atoms with Crippen LogP contribution in [-0.2, 0) is 11.2 Å². The number of aromatic nitrogens is 3. The number of anilines is 1. The maximum absolute atomic E-state index is 13.5. The van der Waals surface area contributed by atoms with Gasteiger partial charge in [0, 0.05) is 34.0 Å². The molecule has 4 atom stereocenters. The number of thiophene rings is 1. The lowest BCUT2D eigenvalue weighted by molar-refractivity contribution is 0.0679. The summed E-state index contributed by atoms with van der Waals surface area (Å²) in [5, 5.41) is 14.5. The molecule has 32 heavy (non-hydrogen) atoms. The number of carbonyl (C=O) groups is 1. The molecular weight excluding hydrogens is 444 g/mol. The first-order valence-corrected chi connectivity index (χ1v) is 12.5. The van der Waals surface area contributed by atoms with Gasteiger partial charge in [0.05, 0.1) is 33.9 Å².